The number of aliphatic hydroxyl groups is 2. The molecular formula is C13H24O4. The van der Waals surface area contributed by atoms with Crippen molar-refractivity contribution in [1.29, 1.82) is 0 Å². The summed E-state index contributed by atoms with van der Waals surface area (Å²) in [5.41, 5.74) is -1.16. The molecule has 0 saturated heterocycles. The molecule has 4 heteroatoms. The zero-order valence-corrected chi connectivity index (χ0v) is 11.1. The lowest BCUT2D eigenvalue weighted by Crippen LogP contribution is -2.39. The molecule has 0 aliphatic carbocycles. The highest BCUT2D eigenvalue weighted by Crippen LogP contribution is 2.26. The van der Waals surface area contributed by atoms with E-state index in [1.165, 1.54) is 13.8 Å². The Balaban J connectivity index is 4.58. The predicted octanol–water partition coefficient (Wildman–Crippen LogP) is 1.51. The molecule has 0 heterocycles. The Morgan fingerprint density at radius 1 is 1.47 bits per heavy atom. The third kappa shape index (κ3) is 4.58. The molecule has 0 aromatic rings. The molecule has 0 aliphatic heterocycles. The first-order chi connectivity index (χ1) is 7.77. The van der Waals surface area contributed by atoms with Gasteiger partial charge in [0, 0.05) is 13.5 Å². The van der Waals surface area contributed by atoms with Gasteiger partial charge in [-0.2, -0.15) is 0 Å². The van der Waals surface area contributed by atoms with E-state index in [-0.39, 0.29) is 24.2 Å². The van der Waals surface area contributed by atoms with Gasteiger partial charge in [0.05, 0.1) is 11.5 Å². The molecule has 0 spiro atoms. The molecule has 0 aliphatic rings. The van der Waals surface area contributed by atoms with Gasteiger partial charge in [0.25, 0.3) is 0 Å². The van der Waals surface area contributed by atoms with Crippen LogP contribution in [0.4, 0.5) is 0 Å². The van der Waals surface area contributed by atoms with E-state index >= 15 is 0 Å². The molecule has 17 heavy (non-hydrogen) atoms. The maximum absolute atomic E-state index is 12.0. The Kier molecular flexibility index (Phi) is 6.60. The largest absolute Gasteiger partial charge is 0.381 e. The van der Waals surface area contributed by atoms with E-state index in [0.29, 0.717) is 0 Å². The summed E-state index contributed by atoms with van der Waals surface area (Å²) in [6.45, 7) is 8.67. The number of carbonyl (C=O) groups is 1. The zero-order valence-electron chi connectivity index (χ0n) is 11.1. The number of methoxy groups -OCH3 is 1. The quantitative estimate of drug-likeness (QED) is 0.502. The summed E-state index contributed by atoms with van der Waals surface area (Å²) in [4.78, 5) is 12.0. The molecule has 0 aromatic carbocycles. The van der Waals surface area contributed by atoms with Gasteiger partial charge in [0.1, 0.15) is 5.78 Å². The average Bonchev–Trinajstić information content (AvgIpc) is 2.25. The number of rotatable bonds is 8. The van der Waals surface area contributed by atoms with Crippen molar-refractivity contribution in [3.8, 4) is 0 Å². The number of hydrogen-bond acceptors (Lipinski definition) is 4. The molecule has 0 saturated carbocycles. The summed E-state index contributed by atoms with van der Waals surface area (Å²) in [7, 11) is 1.56. The van der Waals surface area contributed by atoms with E-state index in [1.807, 2.05) is 6.92 Å². The van der Waals surface area contributed by atoms with Gasteiger partial charge >= 0.3 is 0 Å². The highest BCUT2D eigenvalue weighted by atomic mass is 16.5. The summed E-state index contributed by atoms with van der Waals surface area (Å²) in [6.07, 6.45) is 0.845. The van der Waals surface area contributed by atoms with Crippen LogP contribution in [0.2, 0.25) is 0 Å². The first-order valence-corrected chi connectivity index (χ1v) is 5.80. The SMILES string of the molecule is C=CC[C@H](C)[C@@H](CC(=O)C(C)(C)C(O)O)OC. The first kappa shape index (κ1) is 16.3. The monoisotopic (exact) mass is 244 g/mol. The van der Waals surface area contributed by atoms with Crippen LogP contribution in [0.5, 0.6) is 0 Å². The van der Waals surface area contributed by atoms with Crippen LogP contribution in [-0.2, 0) is 9.53 Å². The molecule has 2 N–H and O–H groups in total. The molecule has 2 atom stereocenters. The maximum atomic E-state index is 12.0. The van der Waals surface area contributed by atoms with Crippen molar-refractivity contribution in [2.24, 2.45) is 11.3 Å². The van der Waals surface area contributed by atoms with Gasteiger partial charge < -0.3 is 14.9 Å². The Morgan fingerprint density at radius 2 is 2.00 bits per heavy atom. The number of ether oxygens (including phenoxy) is 1. The van der Waals surface area contributed by atoms with E-state index in [9.17, 15) is 4.79 Å². The Labute approximate surface area is 103 Å². The molecule has 0 amide bonds. The fourth-order valence-electron chi connectivity index (χ4n) is 1.52. The molecule has 0 unspecified atom stereocenters. The minimum absolute atomic E-state index is 0.174. The third-order valence-electron chi connectivity index (χ3n) is 3.23. The lowest BCUT2D eigenvalue weighted by atomic mass is 9.82. The highest BCUT2D eigenvalue weighted by molar-refractivity contribution is 5.84. The Hall–Kier alpha value is -0.710. The average molecular weight is 244 g/mol. The maximum Gasteiger partial charge on any atom is 0.163 e. The van der Waals surface area contributed by atoms with Crippen molar-refractivity contribution in [3.63, 3.8) is 0 Å². The fourth-order valence-corrected chi connectivity index (χ4v) is 1.52. The standard InChI is InChI=1S/C13H24O4/c1-6-7-9(2)10(17-5)8-11(14)13(3,4)12(15)16/h6,9-10,12,15-16H,1,7-8H2,2-5H3/t9-,10+/m0/s1. The zero-order chi connectivity index (χ0) is 13.6. The summed E-state index contributed by atoms with van der Waals surface area (Å²) in [5.74, 6) is -0.0386. The van der Waals surface area contributed by atoms with Gasteiger partial charge in [-0.25, -0.2) is 0 Å². The van der Waals surface area contributed by atoms with Crippen LogP contribution < -0.4 is 0 Å². The molecular weight excluding hydrogens is 220 g/mol. The van der Waals surface area contributed by atoms with E-state index in [2.05, 4.69) is 6.58 Å². The highest BCUT2D eigenvalue weighted by Gasteiger charge is 2.36. The minimum Gasteiger partial charge on any atom is -0.381 e. The summed E-state index contributed by atoms with van der Waals surface area (Å²) in [6, 6.07) is 0. The van der Waals surface area contributed by atoms with E-state index in [0.717, 1.165) is 6.42 Å². The van der Waals surface area contributed by atoms with Crippen molar-refractivity contribution in [2.75, 3.05) is 7.11 Å². The first-order valence-electron chi connectivity index (χ1n) is 5.80. The number of allylic oxidation sites excluding steroid dienone is 1. The smallest absolute Gasteiger partial charge is 0.163 e. The van der Waals surface area contributed by atoms with E-state index in [1.54, 1.807) is 13.2 Å². The second-order valence-corrected chi connectivity index (χ2v) is 5.00. The molecule has 0 bridgehead atoms. The second kappa shape index (κ2) is 6.89. The van der Waals surface area contributed by atoms with Crippen LogP contribution in [0.15, 0.2) is 12.7 Å². The summed E-state index contributed by atoms with van der Waals surface area (Å²) >= 11 is 0. The molecule has 0 aromatic heterocycles. The van der Waals surface area contributed by atoms with Gasteiger partial charge in [-0.05, 0) is 26.2 Å². The summed E-state index contributed by atoms with van der Waals surface area (Å²) < 4.78 is 5.28. The number of Topliss-reactive ketones (excluding diaryl/α,β-unsaturated/α-hetero) is 1. The van der Waals surface area contributed by atoms with Crippen molar-refractivity contribution < 1.29 is 19.7 Å². The lowest BCUT2D eigenvalue weighted by Gasteiger charge is -2.28. The van der Waals surface area contributed by atoms with Crippen molar-refractivity contribution >= 4 is 5.78 Å². The van der Waals surface area contributed by atoms with Crippen LogP contribution in [0, 0.1) is 11.3 Å². The number of hydrogen-bond donors (Lipinski definition) is 2. The van der Waals surface area contributed by atoms with Crippen molar-refractivity contribution in [3.05, 3.63) is 12.7 Å². The molecule has 100 valence electrons. The van der Waals surface area contributed by atoms with E-state index in [4.69, 9.17) is 14.9 Å². The van der Waals surface area contributed by atoms with E-state index < -0.39 is 11.7 Å². The molecule has 4 nitrogen and oxygen atoms in total. The second-order valence-electron chi connectivity index (χ2n) is 5.00. The van der Waals surface area contributed by atoms with Gasteiger partial charge in [0.15, 0.2) is 6.29 Å². The Bertz CT molecular complexity index is 258. The fraction of sp³-hybridized carbons (Fsp3) is 0.769. The Morgan fingerprint density at radius 3 is 2.35 bits per heavy atom. The van der Waals surface area contributed by atoms with Crippen LogP contribution in [0.25, 0.3) is 0 Å². The number of ketones is 1. The van der Waals surface area contributed by atoms with Gasteiger partial charge in [0.2, 0.25) is 0 Å². The van der Waals surface area contributed by atoms with Gasteiger partial charge in [-0.15, -0.1) is 6.58 Å². The minimum atomic E-state index is -1.65. The number of carbonyl (C=O) groups excluding carboxylic acids is 1. The topological polar surface area (TPSA) is 66.8 Å². The molecule has 0 fully saturated rings. The van der Waals surface area contributed by atoms with Gasteiger partial charge in [-0.3, -0.25) is 4.79 Å². The van der Waals surface area contributed by atoms with Crippen LogP contribution >= 0.6 is 0 Å². The summed E-state index contributed by atoms with van der Waals surface area (Å²) in [5, 5.41) is 18.3. The van der Waals surface area contributed by atoms with Crippen molar-refractivity contribution in [2.45, 2.75) is 46.0 Å². The lowest BCUT2D eigenvalue weighted by molar-refractivity contribution is -0.158. The van der Waals surface area contributed by atoms with Crippen molar-refractivity contribution in [1.82, 2.24) is 0 Å². The van der Waals surface area contributed by atoms with Crippen LogP contribution in [-0.4, -0.2) is 35.5 Å². The van der Waals surface area contributed by atoms with Crippen LogP contribution in [0.1, 0.15) is 33.6 Å². The number of aliphatic hydroxyl groups excluding tert-OH is 1. The predicted molar refractivity (Wildman–Crippen MR) is 66.4 cm³/mol. The molecule has 0 rings (SSSR count). The van der Waals surface area contributed by atoms with Gasteiger partial charge in [-0.1, -0.05) is 13.0 Å². The van der Waals surface area contributed by atoms with Crippen LogP contribution in [0.3, 0.4) is 0 Å². The third-order valence-corrected chi connectivity index (χ3v) is 3.23. The molecule has 0 radical (unpaired) electrons. The normalized spacial score (nSPS) is 15.7.